The van der Waals surface area contributed by atoms with E-state index >= 15 is 0 Å². The molecule has 0 aliphatic heterocycles. The third-order valence-corrected chi connectivity index (χ3v) is 9.19. The Morgan fingerprint density at radius 2 is 1.10 bits per heavy atom. The van der Waals surface area contributed by atoms with E-state index < -0.39 is 17.4 Å². The number of carboxylic acids is 2. The zero-order chi connectivity index (χ0) is 22.4. The number of carbonyl (C=O) groups is 2. The third kappa shape index (κ3) is 25.7. The summed E-state index contributed by atoms with van der Waals surface area (Å²) in [6.45, 7) is 7.62. The van der Waals surface area contributed by atoms with E-state index in [-0.39, 0.29) is 27.6 Å². The standard InChI is InChI=1S/C8H14O4.2C8H17.Sn/c1-8(2,7(11)12)5-3-4-6(9)10;2*1-3-5-7-8-6-4-2;/h3-5H2,1-2H3,(H,9,10)(H,11,12);2*1,3-8H2,2H3;/q;;;+2/p-2. The Labute approximate surface area is 190 Å². The molecule has 29 heavy (non-hydrogen) atoms. The zero-order valence-corrected chi connectivity index (χ0v) is 22.5. The van der Waals surface area contributed by atoms with Crippen LogP contribution in [0.15, 0.2) is 0 Å². The van der Waals surface area contributed by atoms with Crippen LogP contribution in [0.2, 0.25) is 8.87 Å². The van der Waals surface area contributed by atoms with Crippen LogP contribution in [-0.4, -0.2) is 33.1 Å². The van der Waals surface area contributed by atoms with Crippen molar-refractivity contribution >= 4 is 33.1 Å². The first-order valence-electron chi connectivity index (χ1n) is 11.9. The van der Waals surface area contributed by atoms with E-state index in [0.29, 0.717) is 12.8 Å². The number of aliphatic carboxylic acids is 2. The fourth-order valence-electron chi connectivity index (χ4n) is 2.96. The van der Waals surface area contributed by atoms with Gasteiger partial charge in [0.2, 0.25) is 0 Å². The maximum absolute atomic E-state index is 10.4. The summed E-state index contributed by atoms with van der Waals surface area (Å²) in [7, 11) is 0. The van der Waals surface area contributed by atoms with Crippen LogP contribution in [0, 0.1) is 5.41 Å². The molecule has 5 heteroatoms. The number of carbonyl (C=O) groups excluding carboxylic acids is 2. The van der Waals surface area contributed by atoms with Crippen molar-refractivity contribution in [2.75, 3.05) is 0 Å². The molecule has 4 nitrogen and oxygen atoms in total. The van der Waals surface area contributed by atoms with E-state index in [1.807, 2.05) is 0 Å². The average molecular weight is 517 g/mol. The van der Waals surface area contributed by atoms with Gasteiger partial charge in [-0.05, 0) is 19.3 Å². The van der Waals surface area contributed by atoms with Crippen LogP contribution >= 0.6 is 0 Å². The van der Waals surface area contributed by atoms with Gasteiger partial charge in [-0.25, -0.2) is 0 Å². The predicted molar refractivity (Wildman–Crippen MR) is 120 cm³/mol. The molecule has 0 rings (SSSR count). The molecule has 0 radical (unpaired) electrons. The molecule has 0 aliphatic rings. The van der Waals surface area contributed by atoms with Gasteiger partial charge in [-0.3, -0.25) is 0 Å². The van der Waals surface area contributed by atoms with Crippen molar-refractivity contribution < 1.29 is 19.8 Å². The number of hydrogen-bond donors (Lipinski definition) is 0. The topological polar surface area (TPSA) is 80.3 Å². The molecular weight excluding hydrogens is 471 g/mol. The van der Waals surface area contributed by atoms with Gasteiger partial charge in [0.25, 0.3) is 0 Å². The molecule has 0 fully saturated rings. The Balaban J connectivity index is 0. The van der Waals surface area contributed by atoms with Gasteiger partial charge in [-0.2, -0.15) is 0 Å². The fraction of sp³-hybridized carbons (Fsp3) is 0.917. The SMILES string of the molecule is CC(C)(CCCC(=O)[O-])C(=O)[O-].CCCCCCC[CH2][Sn+2][CH2]CCCCCCC. The molecule has 0 aromatic rings. The Kier molecular flexibility index (Phi) is 23.9. The van der Waals surface area contributed by atoms with Crippen molar-refractivity contribution in [3.05, 3.63) is 0 Å². The first-order valence-corrected chi connectivity index (χ1v) is 15.9. The van der Waals surface area contributed by atoms with Gasteiger partial charge in [0, 0.05) is 17.4 Å². The van der Waals surface area contributed by atoms with Crippen LogP contribution in [0.3, 0.4) is 0 Å². The molecule has 0 heterocycles. The number of rotatable bonds is 19. The summed E-state index contributed by atoms with van der Waals surface area (Å²) in [4.78, 5) is 20.4. The molecule has 0 atom stereocenters. The van der Waals surface area contributed by atoms with Crippen molar-refractivity contribution in [3.63, 3.8) is 0 Å². The number of hydrogen-bond acceptors (Lipinski definition) is 4. The molecule has 0 aliphatic carbocycles. The van der Waals surface area contributed by atoms with E-state index in [1.54, 1.807) is 21.7 Å². The second-order valence-corrected chi connectivity index (χ2v) is 13.0. The van der Waals surface area contributed by atoms with E-state index in [1.165, 1.54) is 78.1 Å². The predicted octanol–water partition coefficient (Wildman–Crippen LogP) is 4.93. The molecule has 0 unspecified atom stereocenters. The summed E-state index contributed by atoms with van der Waals surface area (Å²) in [5.41, 5.74) is -0.949. The summed E-state index contributed by atoms with van der Waals surface area (Å²) >= 11 is 0.0736. The summed E-state index contributed by atoms with van der Waals surface area (Å²) < 4.78 is 3.31. The van der Waals surface area contributed by atoms with Gasteiger partial charge in [-0.15, -0.1) is 0 Å². The second kappa shape index (κ2) is 22.4. The Morgan fingerprint density at radius 1 is 0.690 bits per heavy atom. The first kappa shape index (κ1) is 30.9. The van der Waals surface area contributed by atoms with Crippen molar-refractivity contribution in [1.29, 1.82) is 0 Å². The third-order valence-electron chi connectivity index (χ3n) is 5.15. The minimum atomic E-state index is -1.15. The van der Waals surface area contributed by atoms with E-state index in [9.17, 15) is 19.8 Å². The fourth-order valence-corrected chi connectivity index (χ4v) is 6.53. The number of carboxylic acid groups (broad SMARTS) is 2. The molecule has 0 saturated heterocycles. The molecule has 170 valence electrons. The minimum absolute atomic E-state index is 0.0736. The second-order valence-electron chi connectivity index (χ2n) is 8.68. The van der Waals surface area contributed by atoms with Gasteiger partial charge in [0.1, 0.15) is 0 Å². The maximum atomic E-state index is 10.4. The van der Waals surface area contributed by atoms with Crippen LogP contribution < -0.4 is 10.2 Å². The monoisotopic (exact) mass is 518 g/mol. The quantitative estimate of drug-likeness (QED) is 0.180. The molecular formula is C24H46O4Sn. The van der Waals surface area contributed by atoms with Crippen LogP contribution in [0.1, 0.15) is 124 Å². The Hall–Kier alpha value is -0.261. The summed E-state index contributed by atoms with van der Waals surface area (Å²) in [5.74, 6) is -2.30. The Morgan fingerprint density at radius 3 is 1.48 bits per heavy atom. The summed E-state index contributed by atoms with van der Waals surface area (Å²) in [5, 5.41) is 20.4. The molecule has 0 aromatic heterocycles. The normalized spacial score (nSPS) is 10.8. The van der Waals surface area contributed by atoms with Crippen molar-refractivity contribution in [2.24, 2.45) is 5.41 Å². The summed E-state index contributed by atoms with van der Waals surface area (Å²) in [6, 6.07) is 0. The molecule has 0 bridgehead atoms. The van der Waals surface area contributed by atoms with E-state index in [2.05, 4.69) is 13.8 Å². The van der Waals surface area contributed by atoms with Crippen molar-refractivity contribution in [1.82, 2.24) is 0 Å². The molecule has 0 saturated carbocycles. The average Bonchev–Trinajstić information content (AvgIpc) is 2.65. The van der Waals surface area contributed by atoms with Gasteiger partial charge in [0.15, 0.2) is 0 Å². The van der Waals surface area contributed by atoms with Crippen molar-refractivity contribution in [3.8, 4) is 0 Å². The van der Waals surface area contributed by atoms with Crippen LogP contribution in [-0.2, 0) is 9.59 Å². The first-order chi connectivity index (χ1) is 13.8. The van der Waals surface area contributed by atoms with Crippen LogP contribution in [0.25, 0.3) is 0 Å². The van der Waals surface area contributed by atoms with Crippen LogP contribution in [0.4, 0.5) is 0 Å². The molecule has 0 aromatic carbocycles. The number of unbranched alkanes of at least 4 members (excludes halogenated alkanes) is 10. The Bertz CT molecular complexity index is 369. The molecule has 0 amide bonds. The van der Waals surface area contributed by atoms with Crippen molar-refractivity contribution in [2.45, 2.75) is 133 Å². The zero-order valence-electron chi connectivity index (χ0n) is 19.7. The summed E-state index contributed by atoms with van der Waals surface area (Å²) in [6.07, 6.45) is 18.3. The van der Waals surface area contributed by atoms with E-state index in [0.717, 1.165) is 0 Å². The van der Waals surface area contributed by atoms with E-state index in [4.69, 9.17) is 0 Å². The molecule has 0 spiro atoms. The molecule has 0 N–H and O–H groups in total. The van der Waals surface area contributed by atoms with Crippen LogP contribution in [0.5, 0.6) is 0 Å². The van der Waals surface area contributed by atoms with Gasteiger partial charge in [-0.1, -0.05) is 13.8 Å². The van der Waals surface area contributed by atoms with Gasteiger partial charge >= 0.3 is 121 Å². The van der Waals surface area contributed by atoms with Gasteiger partial charge < -0.3 is 19.8 Å². The van der Waals surface area contributed by atoms with Gasteiger partial charge in [0.05, 0.1) is 0 Å².